The molecule has 0 bridgehead atoms. The molecule has 0 aromatic heterocycles. The number of halogens is 2. The highest BCUT2D eigenvalue weighted by Gasteiger charge is 2.14. The predicted molar refractivity (Wildman–Crippen MR) is 81.5 cm³/mol. The van der Waals surface area contributed by atoms with Crippen LogP contribution in [0.15, 0.2) is 36.4 Å². The van der Waals surface area contributed by atoms with Gasteiger partial charge in [0.05, 0.1) is 28.6 Å². The lowest BCUT2D eigenvalue weighted by molar-refractivity contribution is 0.0527. The van der Waals surface area contributed by atoms with Crippen molar-refractivity contribution < 1.29 is 13.9 Å². The van der Waals surface area contributed by atoms with E-state index in [1.54, 1.807) is 19.1 Å². The Balaban J connectivity index is 2.37. The summed E-state index contributed by atoms with van der Waals surface area (Å²) in [6.07, 6.45) is 0. The van der Waals surface area contributed by atoms with Crippen molar-refractivity contribution in [1.29, 1.82) is 0 Å². The standard InChI is InChI=1S/C15H14ClFN2O2/c1-2-21-15(20)11-8-10(18)4-6-13(11)19-14-5-3-9(17)7-12(14)16/h3-8,19H,2,18H2,1H3. The smallest absolute Gasteiger partial charge is 0.340 e. The molecule has 0 unspecified atom stereocenters. The molecule has 0 saturated carbocycles. The molecule has 2 rings (SSSR count). The molecular weight excluding hydrogens is 295 g/mol. The summed E-state index contributed by atoms with van der Waals surface area (Å²) < 4.78 is 18.0. The van der Waals surface area contributed by atoms with Crippen molar-refractivity contribution in [3.8, 4) is 0 Å². The van der Waals surface area contributed by atoms with E-state index in [-0.39, 0.29) is 17.2 Å². The highest BCUT2D eigenvalue weighted by atomic mass is 35.5. The third-order valence-corrected chi connectivity index (χ3v) is 3.05. The third kappa shape index (κ3) is 3.64. The normalized spacial score (nSPS) is 10.2. The van der Waals surface area contributed by atoms with E-state index in [2.05, 4.69) is 5.32 Å². The van der Waals surface area contributed by atoms with Gasteiger partial charge in [0.15, 0.2) is 0 Å². The number of hydrogen-bond donors (Lipinski definition) is 2. The van der Waals surface area contributed by atoms with Crippen LogP contribution < -0.4 is 11.1 Å². The lowest BCUT2D eigenvalue weighted by Crippen LogP contribution is -2.08. The Morgan fingerprint density at radius 2 is 2.00 bits per heavy atom. The molecule has 2 aromatic carbocycles. The number of anilines is 3. The van der Waals surface area contributed by atoms with Crippen LogP contribution in [0.25, 0.3) is 0 Å². The van der Waals surface area contributed by atoms with Crippen molar-refractivity contribution in [2.45, 2.75) is 6.92 Å². The van der Waals surface area contributed by atoms with Crippen molar-refractivity contribution in [1.82, 2.24) is 0 Å². The summed E-state index contributed by atoms with van der Waals surface area (Å²) in [4.78, 5) is 11.9. The molecule has 6 heteroatoms. The molecule has 0 aliphatic carbocycles. The van der Waals surface area contributed by atoms with E-state index in [1.165, 1.54) is 24.3 Å². The Morgan fingerprint density at radius 1 is 1.29 bits per heavy atom. The number of benzene rings is 2. The van der Waals surface area contributed by atoms with E-state index in [0.29, 0.717) is 17.1 Å². The van der Waals surface area contributed by atoms with E-state index in [9.17, 15) is 9.18 Å². The van der Waals surface area contributed by atoms with Gasteiger partial charge in [-0.2, -0.15) is 0 Å². The molecule has 21 heavy (non-hydrogen) atoms. The topological polar surface area (TPSA) is 64.3 Å². The van der Waals surface area contributed by atoms with Crippen LogP contribution in [0.1, 0.15) is 17.3 Å². The van der Waals surface area contributed by atoms with Crippen molar-refractivity contribution in [3.05, 3.63) is 52.8 Å². The average Bonchev–Trinajstić information content (AvgIpc) is 2.43. The third-order valence-electron chi connectivity index (χ3n) is 2.74. The molecule has 0 atom stereocenters. The summed E-state index contributed by atoms with van der Waals surface area (Å²) in [6, 6.07) is 8.74. The van der Waals surface area contributed by atoms with Crippen molar-refractivity contribution in [2.24, 2.45) is 0 Å². The van der Waals surface area contributed by atoms with Crippen LogP contribution in [0.5, 0.6) is 0 Å². The lowest BCUT2D eigenvalue weighted by Gasteiger charge is -2.13. The van der Waals surface area contributed by atoms with Crippen LogP contribution >= 0.6 is 11.6 Å². The predicted octanol–water partition coefficient (Wildman–Crippen LogP) is 3.98. The van der Waals surface area contributed by atoms with E-state index in [0.717, 1.165) is 0 Å². The Hall–Kier alpha value is -2.27. The number of carbonyl (C=O) groups excluding carboxylic acids is 1. The molecule has 0 aliphatic heterocycles. The van der Waals surface area contributed by atoms with E-state index < -0.39 is 11.8 Å². The quantitative estimate of drug-likeness (QED) is 0.662. The minimum Gasteiger partial charge on any atom is -0.462 e. The summed E-state index contributed by atoms with van der Waals surface area (Å²) in [5.41, 5.74) is 7.38. The molecule has 3 N–H and O–H groups in total. The summed E-state index contributed by atoms with van der Waals surface area (Å²) in [6.45, 7) is 1.97. The fraction of sp³-hybridized carbons (Fsp3) is 0.133. The first-order valence-electron chi connectivity index (χ1n) is 6.30. The zero-order chi connectivity index (χ0) is 15.4. The number of nitrogen functional groups attached to an aromatic ring is 1. The fourth-order valence-corrected chi connectivity index (χ4v) is 2.00. The highest BCUT2D eigenvalue weighted by molar-refractivity contribution is 6.33. The molecule has 0 aliphatic rings. The number of nitrogens with two attached hydrogens (primary N) is 1. The first-order valence-corrected chi connectivity index (χ1v) is 6.67. The van der Waals surface area contributed by atoms with E-state index in [4.69, 9.17) is 22.1 Å². The first-order chi connectivity index (χ1) is 10.0. The van der Waals surface area contributed by atoms with Crippen LogP contribution in [0.3, 0.4) is 0 Å². The van der Waals surface area contributed by atoms with Gasteiger partial charge < -0.3 is 15.8 Å². The van der Waals surface area contributed by atoms with Crippen LogP contribution in [0.4, 0.5) is 21.5 Å². The Labute approximate surface area is 126 Å². The van der Waals surface area contributed by atoms with Gasteiger partial charge in [-0.1, -0.05) is 11.6 Å². The van der Waals surface area contributed by atoms with Gasteiger partial charge in [-0.25, -0.2) is 9.18 Å². The molecule has 0 radical (unpaired) electrons. The second kappa shape index (κ2) is 6.45. The summed E-state index contributed by atoms with van der Waals surface area (Å²) in [5.74, 6) is -0.931. The molecule has 0 heterocycles. The van der Waals surface area contributed by atoms with Crippen LogP contribution in [0, 0.1) is 5.82 Å². The van der Waals surface area contributed by atoms with Gasteiger partial charge in [-0.15, -0.1) is 0 Å². The van der Waals surface area contributed by atoms with Crippen molar-refractivity contribution in [2.75, 3.05) is 17.7 Å². The molecule has 0 amide bonds. The highest BCUT2D eigenvalue weighted by Crippen LogP contribution is 2.29. The zero-order valence-corrected chi connectivity index (χ0v) is 12.1. The largest absolute Gasteiger partial charge is 0.462 e. The van der Waals surface area contributed by atoms with Gasteiger partial charge in [0, 0.05) is 5.69 Å². The summed E-state index contributed by atoms with van der Waals surface area (Å²) in [7, 11) is 0. The van der Waals surface area contributed by atoms with Crippen LogP contribution in [-0.4, -0.2) is 12.6 Å². The van der Waals surface area contributed by atoms with Crippen LogP contribution in [0.2, 0.25) is 5.02 Å². The monoisotopic (exact) mass is 308 g/mol. The molecule has 4 nitrogen and oxygen atoms in total. The molecule has 0 fully saturated rings. The maximum absolute atomic E-state index is 13.0. The number of hydrogen-bond acceptors (Lipinski definition) is 4. The second-order valence-electron chi connectivity index (χ2n) is 4.27. The Bertz CT molecular complexity index is 677. The lowest BCUT2D eigenvalue weighted by atomic mass is 10.1. The molecule has 0 saturated heterocycles. The number of nitrogens with one attached hydrogen (secondary N) is 1. The number of rotatable bonds is 4. The average molecular weight is 309 g/mol. The van der Waals surface area contributed by atoms with Gasteiger partial charge in [0.2, 0.25) is 0 Å². The van der Waals surface area contributed by atoms with E-state index >= 15 is 0 Å². The molecule has 0 spiro atoms. The van der Waals surface area contributed by atoms with Crippen LogP contribution in [-0.2, 0) is 4.74 Å². The maximum Gasteiger partial charge on any atom is 0.340 e. The fourth-order valence-electron chi connectivity index (χ4n) is 1.78. The molecule has 110 valence electrons. The second-order valence-corrected chi connectivity index (χ2v) is 4.68. The number of esters is 1. The van der Waals surface area contributed by atoms with Gasteiger partial charge in [-0.3, -0.25) is 0 Å². The molecule has 2 aromatic rings. The minimum atomic E-state index is -0.495. The maximum atomic E-state index is 13.0. The Morgan fingerprint density at radius 3 is 2.67 bits per heavy atom. The SMILES string of the molecule is CCOC(=O)c1cc(N)ccc1Nc1ccc(F)cc1Cl. The summed E-state index contributed by atoms with van der Waals surface area (Å²) >= 11 is 5.96. The minimum absolute atomic E-state index is 0.210. The van der Waals surface area contributed by atoms with E-state index in [1.807, 2.05) is 0 Å². The number of carbonyl (C=O) groups is 1. The summed E-state index contributed by atoms with van der Waals surface area (Å²) in [5, 5.41) is 3.19. The zero-order valence-electron chi connectivity index (χ0n) is 11.3. The van der Waals surface area contributed by atoms with Crippen molar-refractivity contribution >= 4 is 34.6 Å². The number of ether oxygens (including phenoxy) is 1. The van der Waals surface area contributed by atoms with Gasteiger partial charge in [0.25, 0.3) is 0 Å². The first kappa shape index (κ1) is 15.1. The molecular formula is C15H14ClFN2O2. The van der Waals surface area contributed by atoms with Gasteiger partial charge >= 0.3 is 5.97 Å². The van der Waals surface area contributed by atoms with Crippen molar-refractivity contribution in [3.63, 3.8) is 0 Å². The Kier molecular flexibility index (Phi) is 4.65. The van der Waals surface area contributed by atoms with Gasteiger partial charge in [0.1, 0.15) is 5.82 Å². The van der Waals surface area contributed by atoms with Gasteiger partial charge in [-0.05, 0) is 43.3 Å².